The quantitative estimate of drug-likeness (QED) is 0.119. The van der Waals surface area contributed by atoms with Gasteiger partial charge in [0.15, 0.2) is 11.7 Å². The second-order valence-electron chi connectivity index (χ2n) is 15.7. The molecule has 0 saturated carbocycles. The molecule has 49 heavy (non-hydrogen) atoms. The van der Waals surface area contributed by atoms with Crippen molar-refractivity contribution in [3.05, 3.63) is 118 Å². The fourth-order valence-corrected chi connectivity index (χ4v) is 9.30. The molecule has 6 rings (SSSR count). The van der Waals surface area contributed by atoms with Gasteiger partial charge in [0.1, 0.15) is 7.05 Å². The summed E-state index contributed by atoms with van der Waals surface area (Å²) in [5.41, 5.74) is 15.5. The molecule has 0 spiro atoms. The number of hydrogen-bond donors (Lipinski definition) is 0. The van der Waals surface area contributed by atoms with Crippen molar-refractivity contribution < 1.29 is 9.13 Å². The van der Waals surface area contributed by atoms with E-state index in [1.807, 2.05) is 0 Å². The first-order valence-electron chi connectivity index (χ1n) is 19.2. The van der Waals surface area contributed by atoms with Crippen LogP contribution < -0.4 is 9.13 Å². The first-order valence-corrected chi connectivity index (χ1v) is 19.2. The third-order valence-corrected chi connectivity index (χ3v) is 12.4. The minimum atomic E-state index is -0.00336. The molecule has 3 heterocycles. The Balaban J connectivity index is 1.38. The van der Waals surface area contributed by atoms with E-state index in [2.05, 4.69) is 157 Å². The normalized spacial score (nSPS) is 18.6. The van der Waals surface area contributed by atoms with Crippen LogP contribution in [0.3, 0.4) is 0 Å². The van der Waals surface area contributed by atoms with Crippen molar-refractivity contribution in [2.24, 2.45) is 13.0 Å². The second-order valence-corrected chi connectivity index (χ2v) is 15.7. The lowest BCUT2D eigenvalue weighted by atomic mass is 9.58. The number of hydrogen-bond acceptors (Lipinski definition) is 0. The van der Waals surface area contributed by atoms with Gasteiger partial charge in [0.25, 0.3) is 0 Å². The zero-order valence-electron chi connectivity index (χ0n) is 31.9. The predicted octanol–water partition coefficient (Wildman–Crippen LogP) is 11.3. The van der Waals surface area contributed by atoms with Crippen molar-refractivity contribution in [1.82, 2.24) is 0 Å². The summed E-state index contributed by atoms with van der Waals surface area (Å²) in [6.45, 7) is 18.9. The summed E-state index contributed by atoms with van der Waals surface area (Å²) >= 11 is 0. The van der Waals surface area contributed by atoms with E-state index in [0.29, 0.717) is 5.92 Å². The van der Waals surface area contributed by atoms with Crippen molar-refractivity contribution in [2.45, 2.75) is 124 Å². The molecule has 0 fully saturated rings. The molecule has 0 aliphatic carbocycles. The van der Waals surface area contributed by atoms with Crippen molar-refractivity contribution >= 4 is 10.9 Å². The summed E-state index contributed by atoms with van der Waals surface area (Å²) in [6.07, 6.45) is 12.7. The topological polar surface area (TPSA) is 7.76 Å². The van der Waals surface area contributed by atoms with Gasteiger partial charge >= 0.3 is 0 Å². The largest absolute Gasteiger partial charge is 0.213 e. The van der Waals surface area contributed by atoms with Gasteiger partial charge in [-0.1, -0.05) is 71.4 Å². The number of nitrogens with zero attached hydrogens (tertiary/aromatic N) is 2. The van der Waals surface area contributed by atoms with Crippen molar-refractivity contribution in [3.8, 4) is 22.5 Å². The van der Waals surface area contributed by atoms with Gasteiger partial charge in [0, 0.05) is 48.1 Å². The zero-order chi connectivity index (χ0) is 34.9. The van der Waals surface area contributed by atoms with Crippen molar-refractivity contribution in [2.75, 3.05) is 0 Å². The van der Waals surface area contributed by atoms with Crippen LogP contribution in [0.2, 0.25) is 0 Å². The van der Waals surface area contributed by atoms with Gasteiger partial charge in [-0.25, -0.2) is 0 Å². The molecule has 2 heteroatoms. The first kappa shape index (κ1) is 35.1. The monoisotopic (exact) mass is 652 g/mol. The van der Waals surface area contributed by atoms with E-state index in [1.54, 1.807) is 0 Å². The van der Waals surface area contributed by atoms with E-state index in [4.69, 9.17) is 0 Å². The number of fused-ring (bicyclic) bond motifs is 4. The first-order chi connectivity index (χ1) is 23.6. The zero-order valence-corrected chi connectivity index (χ0v) is 31.9. The van der Waals surface area contributed by atoms with Crippen molar-refractivity contribution in [1.29, 1.82) is 0 Å². The van der Waals surface area contributed by atoms with E-state index in [1.165, 1.54) is 79.6 Å². The summed E-state index contributed by atoms with van der Waals surface area (Å²) in [6, 6.07) is 30.8. The van der Waals surface area contributed by atoms with Crippen LogP contribution in [0, 0.1) is 19.8 Å². The highest BCUT2D eigenvalue weighted by molar-refractivity contribution is 5.81. The van der Waals surface area contributed by atoms with E-state index >= 15 is 0 Å². The standard InChI is InChI=1S/C47H60N2/c1-10-13-18-36-23-25-42-41(32-36)45-21-14-15-28-49(45)47(12-3,46(42,8)11-2)27-17-20-38-30-34(6)35(7)31-40(38)44-26-24-39-37(29-33(4)5)19-16-22-43(39)48(44)9/h14-16,19,21-26,28,30-33H,10-13,17-18,20,27,29H2,1-9H3/q+2. The fourth-order valence-electron chi connectivity index (χ4n) is 9.30. The molecule has 5 aromatic rings. The van der Waals surface area contributed by atoms with Gasteiger partial charge in [0.2, 0.25) is 16.9 Å². The second kappa shape index (κ2) is 14.2. The Kier molecular flexibility index (Phi) is 10.2. The molecule has 0 radical (unpaired) electrons. The maximum absolute atomic E-state index is 2.70. The Hall–Kier alpha value is -3.78. The summed E-state index contributed by atoms with van der Waals surface area (Å²) in [7, 11) is 2.26. The molecule has 2 unspecified atom stereocenters. The minimum absolute atomic E-state index is 0.00336. The molecule has 3 aromatic carbocycles. The minimum Gasteiger partial charge on any atom is -0.194 e. The van der Waals surface area contributed by atoms with Crippen LogP contribution in [0.4, 0.5) is 0 Å². The SMILES string of the molecule is CCCCc1ccc2c(c1)-c1cccc[n+]1C(CC)(CCCc1cc(C)c(C)cc1-c1ccc3c(CC(C)C)cccc3[n+]1C)C2(C)CC. The van der Waals surface area contributed by atoms with Gasteiger partial charge in [-0.15, -0.1) is 0 Å². The Labute approximate surface area is 297 Å². The molecular weight excluding hydrogens is 593 g/mol. The summed E-state index contributed by atoms with van der Waals surface area (Å²) in [5, 5.41) is 1.38. The van der Waals surface area contributed by atoms with Gasteiger partial charge in [-0.2, -0.15) is 9.13 Å². The van der Waals surface area contributed by atoms with Crippen LogP contribution in [0.15, 0.2) is 85.1 Å². The Morgan fingerprint density at radius 1 is 0.714 bits per heavy atom. The number of benzene rings is 3. The van der Waals surface area contributed by atoms with Crippen LogP contribution in [0.1, 0.15) is 113 Å². The maximum atomic E-state index is 2.70. The average Bonchev–Trinajstić information content (AvgIpc) is 3.10. The number of aryl methyl sites for hydroxylation is 5. The van der Waals surface area contributed by atoms with Gasteiger partial charge in [-0.05, 0) is 123 Å². The lowest BCUT2D eigenvalue weighted by Gasteiger charge is -2.48. The van der Waals surface area contributed by atoms with Crippen LogP contribution in [-0.4, -0.2) is 0 Å². The Morgan fingerprint density at radius 2 is 1.51 bits per heavy atom. The molecule has 0 N–H and O–H groups in total. The number of rotatable bonds is 12. The molecule has 1 aliphatic rings. The molecule has 0 saturated heterocycles. The summed E-state index contributed by atoms with van der Waals surface area (Å²) in [5.74, 6) is 0.633. The smallest absolute Gasteiger partial charge is 0.194 e. The highest BCUT2D eigenvalue weighted by atomic mass is 15.1. The fraction of sp³-hybridized carbons (Fsp3) is 0.447. The molecule has 2 nitrogen and oxygen atoms in total. The van der Waals surface area contributed by atoms with E-state index in [0.717, 1.165) is 44.9 Å². The Morgan fingerprint density at radius 3 is 2.24 bits per heavy atom. The summed E-state index contributed by atoms with van der Waals surface area (Å²) in [4.78, 5) is 0. The summed E-state index contributed by atoms with van der Waals surface area (Å²) < 4.78 is 5.13. The molecule has 2 aromatic heterocycles. The number of aromatic nitrogens is 2. The maximum Gasteiger partial charge on any atom is 0.213 e. The van der Waals surface area contributed by atoms with Crippen LogP contribution in [-0.2, 0) is 37.3 Å². The van der Waals surface area contributed by atoms with Crippen LogP contribution in [0.5, 0.6) is 0 Å². The van der Waals surface area contributed by atoms with Crippen molar-refractivity contribution in [3.63, 3.8) is 0 Å². The molecule has 256 valence electrons. The molecular formula is C47H60N2+2. The molecule has 2 atom stereocenters. The molecule has 0 amide bonds. The number of pyridine rings is 2. The Bertz CT molecular complexity index is 1970. The van der Waals surface area contributed by atoms with Gasteiger partial charge in [-0.3, -0.25) is 0 Å². The average molecular weight is 653 g/mol. The lowest BCUT2D eigenvalue weighted by molar-refractivity contribution is -0.770. The van der Waals surface area contributed by atoms with Crippen LogP contribution in [0.25, 0.3) is 33.4 Å². The molecule has 1 aliphatic heterocycles. The highest BCUT2D eigenvalue weighted by Crippen LogP contribution is 2.52. The van der Waals surface area contributed by atoms with Gasteiger partial charge in [0.05, 0.1) is 11.0 Å². The third-order valence-electron chi connectivity index (χ3n) is 12.4. The van der Waals surface area contributed by atoms with E-state index in [9.17, 15) is 0 Å². The third kappa shape index (κ3) is 6.15. The van der Waals surface area contributed by atoms with Crippen LogP contribution >= 0.6 is 0 Å². The number of unbranched alkanes of at least 4 members (excludes halogenated alkanes) is 1. The van der Waals surface area contributed by atoms with Gasteiger partial charge < -0.3 is 0 Å². The lowest BCUT2D eigenvalue weighted by Crippen LogP contribution is -2.69. The van der Waals surface area contributed by atoms with E-state index < -0.39 is 0 Å². The van der Waals surface area contributed by atoms with E-state index in [-0.39, 0.29) is 11.0 Å². The predicted molar refractivity (Wildman–Crippen MR) is 208 cm³/mol. The highest BCUT2D eigenvalue weighted by Gasteiger charge is 2.58. The molecule has 0 bridgehead atoms.